The Hall–Kier alpha value is -1.60. The van der Waals surface area contributed by atoms with Crippen molar-refractivity contribution in [2.75, 3.05) is 33.7 Å². The molecule has 1 saturated heterocycles. The third kappa shape index (κ3) is 5.21. The SMILES string of the molecule is CC(=O)NC1CCCN(C(=O)NCC(c2cccs2)N(C)C)C1. The predicted molar refractivity (Wildman–Crippen MR) is 92.6 cm³/mol. The molecular formula is C16H26N4O2S. The molecule has 6 nitrogen and oxygen atoms in total. The van der Waals surface area contributed by atoms with Gasteiger partial charge in [-0.1, -0.05) is 6.07 Å². The summed E-state index contributed by atoms with van der Waals surface area (Å²) in [6.07, 6.45) is 1.85. The quantitative estimate of drug-likeness (QED) is 0.858. The van der Waals surface area contributed by atoms with Gasteiger partial charge in [0.15, 0.2) is 0 Å². The third-order valence-corrected chi connectivity index (χ3v) is 5.03. The van der Waals surface area contributed by atoms with Crippen LogP contribution in [0.25, 0.3) is 0 Å². The lowest BCUT2D eigenvalue weighted by atomic mass is 10.1. The van der Waals surface area contributed by atoms with E-state index in [9.17, 15) is 9.59 Å². The average Bonchev–Trinajstić information content (AvgIpc) is 3.00. The van der Waals surface area contributed by atoms with Gasteiger partial charge in [0.2, 0.25) is 5.91 Å². The van der Waals surface area contributed by atoms with Crippen molar-refractivity contribution < 1.29 is 9.59 Å². The molecule has 0 aliphatic carbocycles. The normalized spacial score (nSPS) is 19.5. The maximum atomic E-state index is 12.4. The van der Waals surface area contributed by atoms with Gasteiger partial charge in [-0.25, -0.2) is 4.79 Å². The summed E-state index contributed by atoms with van der Waals surface area (Å²) in [5.41, 5.74) is 0. The Morgan fingerprint density at radius 2 is 2.26 bits per heavy atom. The summed E-state index contributed by atoms with van der Waals surface area (Å²) in [6, 6.07) is 4.31. The lowest BCUT2D eigenvalue weighted by Gasteiger charge is -2.33. The highest BCUT2D eigenvalue weighted by Gasteiger charge is 2.25. The first-order valence-electron chi connectivity index (χ1n) is 7.97. The summed E-state index contributed by atoms with van der Waals surface area (Å²) >= 11 is 1.70. The minimum atomic E-state index is -0.0524. The average molecular weight is 338 g/mol. The van der Waals surface area contributed by atoms with E-state index in [-0.39, 0.29) is 24.0 Å². The van der Waals surface area contributed by atoms with E-state index in [1.807, 2.05) is 20.2 Å². The molecule has 1 aromatic heterocycles. The molecule has 1 fully saturated rings. The topological polar surface area (TPSA) is 64.7 Å². The number of hydrogen-bond donors (Lipinski definition) is 2. The van der Waals surface area contributed by atoms with Crippen molar-refractivity contribution in [2.24, 2.45) is 0 Å². The van der Waals surface area contributed by atoms with Crippen LogP contribution in [-0.4, -0.2) is 61.5 Å². The zero-order valence-corrected chi connectivity index (χ0v) is 14.9. The summed E-state index contributed by atoms with van der Waals surface area (Å²) < 4.78 is 0. The maximum Gasteiger partial charge on any atom is 0.317 e. The lowest BCUT2D eigenvalue weighted by Crippen LogP contribution is -2.52. The van der Waals surface area contributed by atoms with Crippen LogP contribution in [0.15, 0.2) is 17.5 Å². The van der Waals surface area contributed by atoms with Gasteiger partial charge in [-0.2, -0.15) is 0 Å². The van der Waals surface area contributed by atoms with Crippen molar-refractivity contribution >= 4 is 23.3 Å². The van der Waals surface area contributed by atoms with Gasteiger partial charge in [-0.3, -0.25) is 4.79 Å². The van der Waals surface area contributed by atoms with E-state index in [4.69, 9.17) is 0 Å². The van der Waals surface area contributed by atoms with E-state index in [2.05, 4.69) is 27.0 Å². The Balaban J connectivity index is 1.87. The number of thiophene rings is 1. The molecule has 23 heavy (non-hydrogen) atoms. The summed E-state index contributed by atoms with van der Waals surface area (Å²) in [6.45, 7) is 3.42. The largest absolute Gasteiger partial charge is 0.352 e. The van der Waals surface area contributed by atoms with Crippen LogP contribution in [0.1, 0.15) is 30.7 Å². The van der Waals surface area contributed by atoms with Crippen LogP contribution in [0.2, 0.25) is 0 Å². The zero-order valence-electron chi connectivity index (χ0n) is 14.0. The molecule has 1 aliphatic rings. The zero-order chi connectivity index (χ0) is 16.8. The summed E-state index contributed by atoms with van der Waals surface area (Å²) in [5, 5.41) is 7.99. The number of nitrogens with zero attached hydrogens (tertiary/aromatic N) is 2. The molecule has 7 heteroatoms. The van der Waals surface area contributed by atoms with Gasteiger partial charge in [0.25, 0.3) is 0 Å². The second-order valence-electron chi connectivity index (χ2n) is 6.17. The summed E-state index contributed by atoms with van der Waals surface area (Å²) in [5.74, 6) is -0.0392. The first-order valence-corrected chi connectivity index (χ1v) is 8.85. The molecule has 0 radical (unpaired) electrons. The van der Waals surface area contributed by atoms with E-state index in [1.165, 1.54) is 11.8 Å². The number of likely N-dealkylation sites (tertiary alicyclic amines) is 1. The Morgan fingerprint density at radius 1 is 1.48 bits per heavy atom. The van der Waals surface area contributed by atoms with Gasteiger partial charge in [0, 0.05) is 37.5 Å². The number of piperidine rings is 1. The van der Waals surface area contributed by atoms with Crippen LogP contribution in [0.3, 0.4) is 0 Å². The summed E-state index contributed by atoms with van der Waals surface area (Å²) in [7, 11) is 4.04. The van der Waals surface area contributed by atoms with Crippen molar-refractivity contribution in [3.05, 3.63) is 22.4 Å². The molecular weight excluding hydrogens is 312 g/mol. The number of rotatable bonds is 5. The molecule has 2 unspecified atom stereocenters. The van der Waals surface area contributed by atoms with Crippen molar-refractivity contribution in [2.45, 2.75) is 31.8 Å². The molecule has 2 N–H and O–H groups in total. The number of likely N-dealkylation sites (N-methyl/N-ethyl adjacent to an activating group) is 1. The molecule has 0 spiro atoms. The smallest absolute Gasteiger partial charge is 0.317 e. The maximum absolute atomic E-state index is 12.4. The number of hydrogen-bond acceptors (Lipinski definition) is 4. The second-order valence-corrected chi connectivity index (χ2v) is 7.15. The second kappa shape index (κ2) is 8.31. The van der Waals surface area contributed by atoms with Gasteiger partial charge < -0.3 is 20.4 Å². The molecule has 128 valence electrons. The Labute approximate surface area is 141 Å². The molecule has 2 atom stereocenters. The highest BCUT2D eigenvalue weighted by atomic mass is 32.1. The van der Waals surface area contributed by atoms with E-state index in [0.29, 0.717) is 13.1 Å². The molecule has 0 bridgehead atoms. The van der Waals surface area contributed by atoms with E-state index in [0.717, 1.165) is 19.4 Å². The van der Waals surface area contributed by atoms with Gasteiger partial charge in [-0.15, -0.1) is 11.3 Å². The Morgan fingerprint density at radius 3 is 2.87 bits per heavy atom. The van der Waals surface area contributed by atoms with Gasteiger partial charge in [0.1, 0.15) is 0 Å². The van der Waals surface area contributed by atoms with E-state index < -0.39 is 0 Å². The standard InChI is InChI=1S/C16H26N4O2S/c1-12(21)18-13-6-4-8-20(11-13)16(22)17-10-14(19(2)3)15-7-5-9-23-15/h5,7,9,13-14H,4,6,8,10-11H2,1-3H3,(H,17,22)(H,18,21). The first-order chi connectivity index (χ1) is 11.0. The molecule has 0 saturated carbocycles. The number of carbonyl (C=O) groups excluding carboxylic acids is 2. The van der Waals surface area contributed by atoms with Crippen LogP contribution < -0.4 is 10.6 Å². The number of urea groups is 1. The molecule has 2 rings (SSSR count). The van der Waals surface area contributed by atoms with Crippen molar-refractivity contribution in [3.63, 3.8) is 0 Å². The molecule has 1 aliphatic heterocycles. The van der Waals surface area contributed by atoms with Gasteiger partial charge in [0.05, 0.1) is 6.04 Å². The fraction of sp³-hybridized carbons (Fsp3) is 0.625. The van der Waals surface area contributed by atoms with Crippen LogP contribution in [-0.2, 0) is 4.79 Å². The fourth-order valence-electron chi connectivity index (χ4n) is 2.88. The third-order valence-electron chi connectivity index (χ3n) is 4.06. The number of amides is 3. The summed E-state index contributed by atoms with van der Waals surface area (Å²) in [4.78, 5) is 28.7. The van der Waals surface area contributed by atoms with Gasteiger partial charge in [-0.05, 0) is 38.4 Å². The molecule has 0 aromatic carbocycles. The molecule has 1 aromatic rings. The highest BCUT2D eigenvalue weighted by Crippen LogP contribution is 2.22. The van der Waals surface area contributed by atoms with E-state index in [1.54, 1.807) is 16.2 Å². The minimum Gasteiger partial charge on any atom is -0.352 e. The highest BCUT2D eigenvalue weighted by molar-refractivity contribution is 7.10. The predicted octanol–water partition coefficient (Wildman–Crippen LogP) is 1.66. The molecule has 3 amide bonds. The van der Waals surface area contributed by atoms with Crippen molar-refractivity contribution in [1.82, 2.24) is 20.4 Å². The molecule has 2 heterocycles. The van der Waals surface area contributed by atoms with Crippen LogP contribution in [0.4, 0.5) is 4.79 Å². The minimum absolute atomic E-state index is 0.0392. The number of nitrogens with one attached hydrogen (secondary N) is 2. The Bertz CT molecular complexity index is 518. The first kappa shape index (κ1) is 17.7. The Kier molecular flexibility index (Phi) is 6.41. The fourth-order valence-corrected chi connectivity index (χ4v) is 3.80. The van der Waals surface area contributed by atoms with Crippen LogP contribution in [0, 0.1) is 0 Å². The van der Waals surface area contributed by atoms with Crippen LogP contribution in [0.5, 0.6) is 0 Å². The van der Waals surface area contributed by atoms with Crippen molar-refractivity contribution in [1.29, 1.82) is 0 Å². The lowest BCUT2D eigenvalue weighted by molar-refractivity contribution is -0.119. The van der Waals surface area contributed by atoms with Crippen molar-refractivity contribution in [3.8, 4) is 0 Å². The van der Waals surface area contributed by atoms with Crippen LogP contribution >= 0.6 is 11.3 Å². The number of carbonyl (C=O) groups is 2. The van der Waals surface area contributed by atoms with Gasteiger partial charge >= 0.3 is 6.03 Å². The van der Waals surface area contributed by atoms with E-state index >= 15 is 0 Å². The monoisotopic (exact) mass is 338 g/mol.